The number of aliphatic hydroxyl groups excluding tert-OH is 2. The van der Waals surface area contributed by atoms with Crippen LogP contribution in [0.1, 0.15) is 92.4 Å². The number of carbonyl (C=O) groups is 6. The SMILES string of the molecule is CC(=O)N[C@H]([C@@H](O)C(=O)O[C@H]1C[C@@]2(O)[C@@H](OC(=O)c3ccccc3)[C@@H]3[C@]4(OC(C)=O)CO[C@@H]4C[C@H](O)[C@@]3(C)C(=O)[C@H](OC(C)=O)C(=C1C)C2(C)C)C(C)(C)C. The molecule has 11 atom stereocenters. The molecule has 3 fully saturated rings. The number of hydrogen-bond donors (Lipinski definition) is 4. The Balaban J connectivity index is 1.79. The van der Waals surface area contributed by atoms with Crippen LogP contribution in [0.4, 0.5) is 0 Å². The summed E-state index contributed by atoms with van der Waals surface area (Å²) in [5.41, 5.74) is -8.29. The number of ether oxygens (including phenoxy) is 5. The van der Waals surface area contributed by atoms with E-state index in [2.05, 4.69) is 5.32 Å². The van der Waals surface area contributed by atoms with Gasteiger partial charge in [0.2, 0.25) is 5.91 Å². The highest BCUT2D eigenvalue weighted by Crippen LogP contribution is 2.64. The van der Waals surface area contributed by atoms with Gasteiger partial charge in [-0.2, -0.15) is 0 Å². The van der Waals surface area contributed by atoms with Gasteiger partial charge in [0.05, 0.1) is 35.6 Å². The van der Waals surface area contributed by atoms with Crippen LogP contribution in [-0.4, -0.2) is 111 Å². The van der Waals surface area contributed by atoms with Gasteiger partial charge in [0, 0.05) is 39.0 Å². The summed E-state index contributed by atoms with van der Waals surface area (Å²) in [6.45, 7) is 14.3. The van der Waals surface area contributed by atoms with Gasteiger partial charge in [0.1, 0.15) is 23.9 Å². The number of nitrogens with one attached hydrogen (secondary N) is 1. The second kappa shape index (κ2) is 14.4. The normalized spacial score (nSPS) is 34.9. The van der Waals surface area contributed by atoms with Gasteiger partial charge in [-0.05, 0) is 42.5 Å². The second-order valence-corrected chi connectivity index (χ2v) is 17.2. The van der Waals surface area contributed by atoms with Crippen LogP contribution in [0.3, 0.4) is 0 Å². The summed E-state index contributed by atoms with van der Waals surface area (Å²) in [6.07, 6.45) is -10.2. The molecule has 3 aliphatic carbocycles. The molecule has 4 aliphatic rings. The van der Waals surface area contributed by atoms with E-state index in [9.17, 15) is 39.3 Å². The molecule has 2 saturated carbocycles. The molecule has 15 nitrogen and oxygen atoms in total. The number of aliphatic hydroxyl groups is 3. The molecule has 1 amide bonds. The van der Waals surface area contributed by atoms with Gasteiger partial charge in [-0.3, -0.25) is 19.2 Å². The quantitative estimate of drug-likeness (QED) is 0.169. The van der Waals surface area contributed by atoms with Crippen molar-refractivity contribution in [3.05, 3.63) is 47.0 Å². The summed E-state index contributed by atoms with van der Waals surface area (Å²) in [4.78, 5) is 81.1. The summed E-state index contributed by atoms with van der Waals surface area (Å²) < 4.78 is 30.0. The van der Waals surface area contributed by atoms with E-state index < -0.39 is 118 Å². The minimum Gasteiger partial charge on any atom is -0.456 e. The third-order valence-electron chi connectivity index (χ3n) is 12.3. The van der Waals surface area contributed by atoms with Crippen LogP contribution in [0.5, 0.6) is 0 Å². The Labute approximate surface area is 320 Å². The molecule has 0 radical (unpaired) electrons. The van der Waals surface area contributed by atoms with Gasteiger partial charge in [-0.15, -0.1) is 0 Å². The molecule has 0 spiro atoms. The van der Waals surface area contributed by atoms with E-state index >= 15 is 4.79 Å². The Bertz CT molecular complexity index is 1780. The molecule has 1 aliphatic heterocycles. The third kappa shape index (κ3) is 6.87. The fraction of sp³-hybridized carbons (Fsp3) is 0.650. The lowest BCUT2D eigenvalue weighted by Crippen LogP contribution is -2.82. The molecular weight excluding hydrogens is 718 g/mol. The summed E-state index contributed by atoms with van der Waals surface area (Å²) >= 11 is 0. The first-order valence-corrected chi connectivity index (χ1v) is 18.4. The van der Waals surface area contributed by atoms with Crippen molar-refractivity contribution in [2.75, 3.05) is 6.61 Å². The van der Waals surface area contributed by atoms with Gasteiger partial charge in [-0.25, -0.2) is 9.59 Å². The van der Waals surface area contributed by atoms with Crippen molar-refractivity contribution in [1.29, 1.82) is 0 Å². The van der Waals surface area contributed by atoms with Gasteiger partial charge in [-0.1, -0.05) is 52.8 Å². The zero-order valence-corrected chi connectivity index (χ0v) is 33.0. The molecule has 4 N–H and O–H groups in total. The summed E-state index contributed by atoms with van der Waals surface area (Å²) in [5, 5.41) is 39.4. The van der Waals surface area contributed by atoms with E-state index in [0.29, 0.717) is 0 Å². The number of amides is 1. The molecule has 2 bridgehead atoms. The Morgan fingerprint density at radius 2 is 1.58 bits per heavy atom. The van der Waals surface area contributed by atoms with E-state index in [1.165, 1.54) is 32.9 Å². The summed E-state index contributed by atoms with van der Waals surface area (Å²) in [7, 11) is 0. The molecule has 302 valence electrons. The summed E-state index contributed by atoms with van der Waals surface area (Å²) in [6, 6.07) is 6.74. The fourth-order valence-corrected chi connectivity index (χ4v) is 9.35. The van der Waals surface area contributed by atoms with Crippen LogP contribution in [0.25, 0.3) is 0 Å². The first kappa shape index (κ1) is 42.0. The van der Waals surface area contributed by atoms with Crippen LogP contribution in [0.2, 0.25) is 0 Å². The van der Waals surface area contributed by atoms with E-state index in [1.807, 2.05) is 0 Å². The number of Topliss-reactive ketones (excluding diaryl/α,β-unsaturated/α-hetero) is 1. The third-order valence-corrected chi connectivity index (χ3v) is 12.3. The topological polar surface area (TPSA) is 221 Å². The van der Waals surface area contributed by atoms with Crippen LogP contribution in [0.15, 0.2) is 41.5 Å². The van der Waals surface area contributed by atoms with Crippen molar-refractivity contribution in [3.8, 4) is 0 Å². The molecule has 1 saturated heterocycles. The smallest absolute Gasteiger partial charge is 0.338 e. The molecule has 5 rings (SSSR count). The van der Waals surface area contributed by atoms with Gasteiger partial charge < -0.3 is 44.3 Å². The monoisotopic (exact) mass is 771 g/mol. The lowest BCUT2D eigenvalue weighted by molar-refractivity contribution is -0.346. The fourth-order valence-electron chi connectivity index (χ4n) is 9.35. The molecule has 1 heterocycles. The maximum absolute atomic E-state index is 15.3. The molecule has 1 aromatic rings. The van der Waals surface area contributed by atoms with Crippen LogP contribution in [0, 0.1) is 22.2 Å². The Kier molecular flexibility index (Phi) is 11.0. The zero-order chi connectivity index (χ0) is 41.2. The average molecular weight is 772 g/mol. The molecule has 0 unspecified atom stereocenters. The maximum Gasteiger partial charge on any atom is 0.338 e. The number of ketones is 1. The van der Waals surface area contributed by atoms with Crippen molar-refractivity contribution in [3.63, 3.8) is 0 Å². The molecule has 1 aromatic carbocycles. The van der Waals surface area contributed by atoms with Gasteiger partial charge in [0.25, 0.3) is 0 Å². The highest BCUT2D eigenvalue weighted by Gasteiger charge is 2.78. The van der Waals surface area contributed by atoms with Crippen LogP contribution >= 0.6 is 0 Å². The number of fused-ring (bicyclic) bond motifs is 5. The zero-order valence-electron chi connectivity index (χ0n) is 33.0. The van der Waals surface area contributed by atoms with E-state index in [1.54, 1.807) is 52.8 Å². The van der Waals surface area contributed by atoms with Gasteiger partial charge >= 0.3 is 23.9 Å². The van der Waals surface area contributed by atoms with E-state index in [4.69, 9.17) is 23.7 Å². The van der Waals surface area contributed by atoms with Crippen molar-refractivity contribution >= 4 is 35.6 Å². The average Bonchev–Trinajstić information content (AvgIpc) is 3.07. The van der Waals surface area contributed by atoms with E-state index in [0.717, 1.165) is 13.8 Å². The highest BCUT2D eigenvalue weighted by atomic mass is 16.6. The lowest BCUT2D eigenvalue weighted by atomic mass is 9.44. The summed E-state index contributed by atoms with van der Waals surface area (Å²) in [5.74, 6) is -6.62. The minimum absolute atomic E-state index is 0.0177. The molecular formula is C40H53NO14. The minimum atomic E-state index is -2.35. The van der Waals surface area contributed by atoms with Crippen LogP contribution < -0.4 is 5.32 Å². The molecule has 15 heteroatoms. The first-order valence-electron chi connectivity index (χ1n) is 18.4. The maximum atomic E-state index is 15.3. The van der Waals surface area contributed by atoms with Gasteiger partial charge in [0.15, 0.2) is 23.6 Å². The highest BCUT2D eigenvalue weighted by molar-refractivity contribution is 5.95. The number of esters is 4. The van der Waals surface area contributed by atoms with Crippen molar-refractivity contribution in [2.24, 2.45) is 22.2 Å². The number of benzene rings is 1. The lowest BCUT2D eigenvalue weighted by Gasteiger charge is -2.67. The second-order valence-electron chi connectivity index (χ2n) is 17.2. The standard InChI is InChI=1S/C40H53NO14/c1-19-24(53-35(49)28(46)31(36(5,6)7)41-20(2)42)17-40(50)33(54-34(48)23-14-12-11-13-15-23)30-38(10,25(45)16-26-39(30,18-51-26)55-22(4)44)32(47)29(52-21(3)43)27(19)37(40,8)9/h11-15,24-26,28-31,33,45-46,50H,16-18H2,1-10H3,(H,41,42)/t24-,25-,26+,28+,29+,30-,31+,33-,38+,39-,40+/m0/s1. The Morgan fingerprint density at radius 3 is 2.09 bits per heavy atom. The van der Waals surface area contributed by atoms with Crippen LogP contribution in [-0.2, 0) is 47.7 Å². The largest absolute Gasteiger partial charge is 0.456 e. The van der Waals surface area contributed by atoms with E-state index in [-0.39, 0.29) is 29.7 Å². The molecule has 0 aromatic heterocycles. The predicted octanol–water partition coefficient (Wildman–Crippen LogP) is 2.12. The first-order chi connectivity index (χ1) is 25.3. The number of rotatable bonds is 8. The van der Waals surface area contributed by atoms with Crippen molar-refractivity contribution in [1.82, 2.24) is 5.32 Å². The van der Waals surface area contributed by atoms with Crippen molar-refractivity contribution in [2.45, 2.75) is 136 Å². The Morgan fingerprint density at radius 1 is 0.964 bits per heavy atom. The molecule has 55 heavy (non-hydrogen) atoms. The number of carbonyl (C=O) groups excluding carboxylic acids is 6. The Hall–Kier alpha value is -4.18. The van der Waals surface area contributed by atoms with Crippen molar-refractivity contribution < 1.29 is 67.8 Å². The predicted molar refractivity (Wildman–Crippen MR) is 192 cm³/mol. The number of hydrogen-bond acceptors (Lipinski definition) is 14.